The SMILES string of the molecule is CC1=C(C(=O)Nc2ccccc2)C(c2ccc(O)c(O)c2)n2ncnc2N1. The maximum absolute atomic E-state index is 13.1. The van der Waals surface area contributed by atoms with Crippen LogP contribution < -0.4 is 10.6 Å². The summed E-state index contributed by atoms with van der Waals surface area (Å²) in [6.45, 7) is 1.78. The van der Waals surface area contributed by atoms with Crippen molar-refractivity contribution >= 4 is 17.5 Å². The van der Waals surface area contributed by atoms with Crippen molar-refractivity contribution in [2.45, 2.75) is 13.0 Å². The summed E-state index contributed by atoms with van der Waals surface area (Å²) in [6.07, 6.45) is 1.39. The molecule has 0 saturated heterocycles. The zero-order valence-corrected chi connectivity index (χ0v) is 14.4. The van der Waals surface area contributed by atoms with E-state index in [1.807, 2.05) is 18.2 Å². The smallest absolute Gasteiger partial charge is 0.255 e. The molecule has 136 valence electrons. The van der Waals surface area contributed by atoms with Crippen LogP contribution >= 0.6 is 0 Å². The van der Waals surface area contributed by atoms with E-state index in [1.165, 1.54) is 18.5 Å². The number of aromatic hydroxyl groups is 2. The molecule has 1 aromatic heterocycles. The molecule has 1 atom stereocenters. The lowest BCUT2D eigenvalue weighted by atomic mass is 9.94. The predicted octanol–water partition coefficient (Wildman–Crippen LogP) is 2.62. The van der Waals surface area contributed by atoms with E-state index in [-0.39, 0.29) is 17.4 Å². The largest absolute Gasteiger partial charge is 0.504 e. The number of fused-ring (bicyclic) bond motifs is 1. The Balaban J connectivity index is 1.79. The number of carbonyl (C=O) groups excluding carboxylic acids is 1. The summed E-state index contributed by atoms with van der Waals surface area (Å²) >= 11 is 0. The van der Waals surface area contributed by atoms with E-state index in [4.69, 9.17) is 0 Å². The number of hydrogen-bond acceptors (Lipinski definition) is 6. The van der Waals surface area contributed by atoms with Crippen LogP contribution in [0.15, 0.2) is 66.1 Å². The summed E-state index contributed by atoms with van der Waals surface area (Å²) in [7, 11) is 0. The molecule has 1 aliphatic heterocycles. The van der Waals surface area contributed by atoms with Gasteiger partial charge in [-0.25, -0.2) is 4.68 Å². The quantitative estimate of drug-likeness (QED) is 0.532. The lowest BCUT2D eigenvalue weighted by Gasteiger charge is -2.28. The average Bonchev–Trinajstić information content (AvgIpc) is 3.11. The molecular formula is C19H17N5O3. The Bertz CT molecular complexity index is 1040. The molecule has 2 aromatic carbocycles. The number of para-hydroxylation sites is 1. The van der Waals surface area contributed by atoms with Crippen molar-refractivity contribution in [2.75, 3.05) is 10.6 Å². The summed E-state index contributed by atoms with van der Waals surface area (Å²) in [5.74, 6) is -0.318. The van der Waals surface area contributed by atoms with Crippen LogP contribution in [0.2, 0.25) is 0 Å². The maximum atomic E-state index is 13.1. The zero-order chi connectivity index (χ0) is 19.0. The van der Waals surface area contributed by atoms with E-state index in [2.05, 4.69) is 20.7 Å². The van der Waals surface area contributed by atoms with E-state index in [1.54, 1.807) is 29.8 Å². The van der Waals surface area contributed by atoms with Crippen molar-refractivity contribution in [3.05, 3.63) is 71.7 Å². The molecule has 27 heavy (non-hydrogen) atoms. The highest BCUT2D eigenvalue weighted by atomic mass is 16.3. The summed E-state index contributed by atoms with van der Waals surface area (Å²) in [6, 6.07) is 13.0. The van der Waals surface area contributed by atoms with Crippen LogP contribution in [0.1, 0.15) is 18.5 Å². The third-order valence-corrected chi connectivity index (χ3v) is 4.39. The third kappa shape index (κ3) is 2.97. The van der Waals surface area contributed by atoms with Gasteiger partial charge in [0.25, 0.3) is 5.91 Å². The van der Waals surface area contributed by atoms with Crippen molar-refractivity contribution in [1.82, 2.24) is 14.8 Å². The van der Waals surface area contributed by atoms with Crippen molar-refractivity contribution in [3.63, 3.8) is 0 Å². The molecule has 1 aliphatic rings. The minimum Gasteiger partial charge on any atom is -0.504 e. The Morgan fingerprint density at radius 3 is 2.67 bits per heavy atom. The molecule has 3 aromatic rings. The molecule has 0 aliphatic carbocycles. The molecular weight excluding hydrogens is 346 g/mol. The monoisotopic (exact) mass is 363 g/mol. The molecule has 8 nitrogen and oxygen atoms in total. The van der Waals surface area contributed by atoms with Crippen LogP contribution in [-0.2, 0) is 4.79 Å². The number of aromatic nitrogens is 3. The van der Waals surface area contributed by atoms with E-state index < -0.39 is 6.04 Å². The lowest BCUT2D eigenvalue weighted by molar-refractivity contribution is -0.113. The predicted molar refractivity (Wildman–Crippen MR) is 99.3 cm³/mol. The van der Waals surface area contributed by atoms with Gasteiger partial charge in [-0.2, -0.15) is 10.1 Å². The van der Waals surface area contributed by atoms with Crippen molar-refractivity contribution in [1.29, 1.82) is 0 Å². The van der Waals surface area contributed by atoms with E-state index >= 15 is 0 Å². The molecule has 0 radical (unpaired) electrons. The first kappa shape index (κ1) is 16.6. The van der Waals surface area contributed by atoms with Crippen LogP contribution in [0.4, 0.5) is 11.6 Å². The fourth-order valence-corrected chi connectivity index (χ4v) is 3.12. The normalized spacial score (nSPS) is 15.8. The third-order valence-electron chi connectivity index (χ3n) is 4.39. The molecule has 0 spiro atoms. The zero-order valence-electron chi connectivity index (χ0n) is 14.4. The molecule has 0 bridgehead atoms. The summed E-state index contributed by atoms with van der Waals surface area (Å²) < 4.78 is 1.57. The van der Waals surface area contributed by atoms with Gasteiger partial charge < -0.3 is 20.8 Å². The number of amides is 1. The second-order valence-electron chi connectivity index (χ2n) is 6.16. The molecule has 8 heteroatoms. The number of carbonyl (C=O) groups is 1. The van der Waals surface area contributed by atoms with Crippen LogP contribution in [0.5, 0.6) is 11.5 Å². The van der Waals surface area contributed by atoms with Gasteiger partial charge in [-0.05, 0) is 36.8 Å². The number of nitrogens with one attached hydrogen (secondary N) is 2. The number of anilines is 2. The number of nitrogens with zero attached hydrogens (tertiary/aromatic N) is 3. The Morgan fingerprint density at radius 1 is 1.15 bits per heavy atom. The van der Waals surface area contributed by atoms with Gasteiger partial charge in [0.1, 0.15) is 12.4 Å². The Hall–Kier alpha value is -3.81. The van der Waals surface area contributed by atoms with Gasteiger partial charge in [-0.3, -0.25) is 4.79 Å². The first-order valence-electron chi connectivity index (χ1n) is 8.30. The number of benzene rings is 2. The highest BCUT2D eigenvalue weighted by molar-refractivity contribution is 6.06. The van der Waals surface area contributed by atoms with Gasteiger partial charge >= 0.3 is 0 Å². The van der Waals surface area contributed by atoms with Crippen LogP contribution in [0, 0.1) is 0 Å². The van der Waals surface area contributed by atoms with Crippen LogP contribution in [0.25, 0.3) is 0 Å². The molecule has 1 amide bonds. The minimum absolute atomic E-state index is 0.234. The van der Waals surface area contributed by atoms with Crippen molar-refractivity contribution < 1.29 is 15.0 Å². The van der Waals surface area contributed by atoms with Gasteiger partial charge in [0.2, 0.25) is 5.95 Å². The number of phenolic OH excluding ortho intramolecular Hbond substituents is 2. The molecule has 0 saturated carbocycles. The van der Waals surface area contributed by atoms with Gasteiger partial charge in [0.15, 0.2) is 11.5 Å². The Morgan fingerprint density at radius 2 is 1.93 bits per heavy atom. The number of allylic oxidation sites excluding steroid dienone is 1. The van der Waals surface area contributed by atoms with Gasteiger partial charge in [0.05, 0.1) is 5.57 Å². The standard InChI is InChI=1S/C19H17N5O3/c1-11-16(18(27)23-13-5-3-2-4-6-13)17(24-19(22-11)20-10-21-24)12-7-8-14(25)15(26)9-12/h2-10,17,25-26H,1H3,(H,23,27)(H,20,21,22). The van der Waals surface area contributed by atoms with Crippen molar-refractivity contribution in [3.8, 4) is 11.5 Å². The summed E-state index contributed by atoms with van der Waals surface area (Å²) in [5, 5.41) is 29.7. The molecule has 1 unspecified atom stereocenters. The molecule has 4 N–H and O–H groups in total. The number of phenols is 2. The van der Waals surface area contributed by atoms with Crippen LogP contribution in [-0.4, -0.2) is 30.9 Å². The fraction of sp³-hybridized carbons (Fsp3) is 0.105. The fourth-order valence-electron chi connectivity index (χ4n) is 3.12. The molecule has 0 fully saturated rings. The molecule has 4 rings (SSSR count). The second-order valence-corrected chi connectivity index (χ2v) is 6.16. The topological polar surface area (TPSA) is 112 Å². The first-order chi connectivity index (χ1) is 13.0. The Kier molecular flexibility index (Phi) is 4.00. The highest BCUT2D eigenvalue weighted by Crippen LogP contribution is 2.38. The second kappa shape index (κ2) is 6.49. The van der Waals surface area contributed by atoms with E-state index in [0.717, 1.165) is 0 Å². The highest BCUT2D eigenvalue weighted by Gasteiger charge is 2.33. The number of rotatable bonds is 3. The van der Waals surface area contributed by atoms with E-state index in [9.17, 15) is 15.0 Å². The van der Waals surface area contributed by atoms with Gasteiger partial charge in [-0.15, -0.1) is 0 Å². The van der Waals surface area contributed by atoms with Gasteiger partial charge in [0, 0.05) is 11.4 Å². The summed E-state index contributed by atoms with van der Waals surface area (Å²) in [4.78, 5) is 17.2. The average molecular weight is 363 g/mol. The Labute approximate surface area is 154 Å². The van der Waals surface area contributed by atoms with Gasteiger partial charge in [-0.1, -0.05) is 24.3 Å². The minimum atomic E-state index is -0.612. The van der Waals surface area contributed by atoms with Crippen molar-refractivity contribution in [2.24, 2.45) is 0 Å². The lowest BCUT2D eigenvalue weighted by Crippen LogP contribution is -2.31. The van der Waals surface area contributed by atoms with Crippen LogP contribution in [0.3, 0.4) is 0 Å². The maximum Gasteiger partial charge on any atom is 0.255 e. The first-order valence-corrected chi connectivity index (χ1v) is 8.30. The van der Waals surface area contributed by atoms with E-state index in [0.29, 0.717) is 28.5 Å². The number of hydrogen-bond donors (Lipinski definition) is 4. The molecule has 2 heterocycles. The summed E-state index contributed by atoms with van der Waals surface area (Å²) in [5.41, 5.74) is 2.32.